The van der Waals surface area contributed by atoms with Crippen molar-refractivity contribution in [2.75, 3.05) is 50.7 Å². The average Bonchev–Trinajstić information content (AvgIpc) is 2.85. The molecule has 34 heavy (non-hydrogen) atoms. The minimum absolute atomic E-state index is 0.107. The Hall–Kier alpha value is -2.78. The molecule has 1 aromatic rings. The topological polar surface area (TPSA) is 102 Å². The van der Waals surface area contributed by atoms with Gasteiger partial charge in [-0.3, -0.25) is 34.3 Å². The average molecular weight is 470 g/mol. The second-order valence-corrected chi connectivity index (χ2v) is 9.59. The number of amides is 4. The summed E-state index contributed by atoms with van der Waals surface area (Å²) in [5, 5.41) is 5.63. The fraction of sp³-hybridized carbons (Fsp3) is 0.600. The van der Waals surface area contributed by atoms with Crippen LogP contribution < -0.4 is 15.5 Å². The number of nitrogens with zero attached hydrogens (tertiary/aromatic N) is 3. The maximum Gasteiger partial charge on any atom is 0.261 e. The van der Waals surface area contributed by atoms with E-state index in [2.05, 4.69) is 20.4 Å². The zero-order valence-electron chi connectivity index (χ0n) is 19.9. The second-order valence-electron chi connectivity index (χ2n) is 9.59. The minimum atomic E-state index is -0.959. The van der Waals surface area contributed by atoms with E-state index in [1.165, 1.54) is 19.3 Å². The Morgan fingerprint density at radius 1 is 1.12 bits per heavy atom. The van der Waals surface area contributed by atoms with Crippen molar-refractivity contribution in [1.82, 2.24) is 20.4 Å². The lowest BCUT2D eigenvalue weighted by molar-refractivity contribution is -0.139. The molecular formula is C25H35N5O4. The summed E-state index contributed by atoms with van der Waals surface area (Å²) in [7, 11) is 0. The molecule has 4 rings (SSSR count). The molecule has 0 radical (unpaired) electrons. The molecule has 0 saturated carbocycles. The van der Waals surface area contributed by atoms with E-state index in [4.69, 9.17) is 0 Å². The van der Waals surface area contributed by atoms with E-state index >= 15 is 0 Å². The molecular weight excluding hydrogens is 434 g/mol. The summed E-state index contributed by atoms with van der Waals surface area (Å²) in [6.45, 7) is 9.23. The molecule has 9 nitrogen and oxygen atoms in total. The Labute approximate surface area is 200 Å². The molecule has 2 N–H and O–H groups in total. The van der Waals surface area contributed by atoms with E-state index in [9.17, 15) is 19.2 Å². The van der Waals surface area contributed by atoms with Crippen LogP contribution in [-0.4, -0.2) is 85.8 Å². The normalized spacial score (nSPS) is 22.4. The van der Waals surface area contributed by atoms with Gasteiger partial charge in [-0.05, 0) is 81.9 Å². The molecule has 3 heterocycles. The minimum Gasteiger partial charge on any atom is -0.369 e. The summed E-state index contributed by atoms with van der Waals surface area (Å²) in [5.74, 6) is -0.662. The molecule has 1 atom stereocenters. The molecule has 1 aromatic carbocycles. The number of hydrogen-bond donors (Lipinski definition) is 2. The number of benzene rings is 1. The standard InChI is InChI=1S/C25H35N5O4/c1-18-16-20(29-14-12-28(13-15-29)11-8-19-6-9-26-10-7-19)2-3-21(18)25(34)30(17-31)22-4-5-23(32)27-24(22)33/h2-3,16-17,19,22,26H,4-15H2,1H3,(H,27,32,33). The van der Waals surface area contributed by atoms with Gasteiger partial charge in [0.05, 0.1) is 0 Å². The predicted octanol–water partition coefficient (Wildman–Crippen LogP) is 0.911. The van der Waals surface area contributed by atoms with Crippen LogP contribution in [0.25, 0.3) is 0 Å². The molecule has 0 spiro atoms. The third kappa shape index (κ3) is 5.64. The first kappa shape index (κ1) is 24.3. The molecule has 3 fully saturated rings. The first-order valence-corrected chi connectivity index (χ1v) is 12.4. The molecule has 3 aliphatic rings. The number of rotatable bonds is 7. The van der Waals surface area contributed by atoms with Gasteiger partial charge in [0.25, 0.3) is 5.91 Å². The van der Waals surface area contributed by atoms with Gasteiger partial charge in [-0.2, -0.15) is 0 Å². The van der Waals surface area contributed by atoms with E-state index in [-0.39, 0.29) is 18.7 Å². The predicted molar refractivity (Wildman–Crippen MR) is 128 cm³/mol. The van der Waals surface area contributed by atoms with Gasteiger partial charge >= 0.3 is 0 Å². The quantitative estimate of drug-likeness (QED) is 0.452. The maximum absolute atomic E-state index is 13.1. The van der Waals surface area contributed by atoms with Crippen molar-refractivity contribution < 1.29 is 19.2 Å². The van der Waals surface area contributed by atoms with Gasteiger partial charge in [-0.1, -0.05) is 0 Å². The van der Waals surface area contributed by atoms with Crippen molar-refractivity contribution >= 4 is 29.8 Å². The lowest BCUT2D eigenvalue weighted by Crippen LogP contribution is -2.53. The Balaban J connectivity index is 1.33. The summed E-state index contributed by atoms with van der Waals surface area (Å²) in [4.78, 5) is 54.1. The molecule has 0 aliphatic carbocycles. The first-order chi connectivity index (χ1) is 16.5. The zero-order chi connectivity index (χ0) is 24.1. The van der Waals surface area contributed by atoms with E-state index in [0.29, 0.717) is 12.0 Å². The highest BCUT2D eigenvalue weighted by molar-refractivity contribution is 6.07. The maximum atomic E-state index is 13.1. The van der Waals surface area contributed by atoms with Crippen molar-refractivity contribution in [3.8, 4) is 0 Å². The number of nitrogens with one attached hydrogen (secondary N) is 2. The van der Waals surface area contributed by atoms with E-state index < -0.39 is 17.9 Å². The number of aryl methyl sites for hydroxylation is 1. The number of carbonyl (C=O) groups excluding carboxylic acids is 4. The van der Waals surface area contributed by atoms with Crippen LogP contribution in [0, 0.1) is 12.8 Å². The lowest BCUT2D eigenvalue weighted by atomic mass is 9.94. The highest BCUT2D eigenvalue weighted by atomic mass is 16.2. The van der Waals surface area contributed by atoms with Gasteiger partial charge < -0.3 is 10.2 Å². The van der Waals surface area contributed by atoms with Crippen molar-refractivity contribution in [2.45, 2.75) is 45.1 Å². The van der Waals surface area contributed by atoms with E-state index in [0.717, 1.165) is 67.9 Å². The number of carbonyl (C=O) groups is 4. The van der Waals surface area contributed by atoms with Gasteiger partial charge in [0.2, 0.25) is 18.2 Å². The number of hydrogen-bond acceptors (Lipinski definition) is 7. The highest BCUT2D eigenvalue weighted by Crippen LogP contribution is 2.24. The molecule has 4 amide bonds. The SMILES string of the molecule is Cc1cc(N2CCN(CCC3CCNCC3)CC2)ccc1C(=O)N(C=O)C1CCC(=O)NC1=O. The number of piperidine rings is 2. The van der Waals surface area contributed by atoms with Crippen LogP contribution in [0.3, 0.4) is 0 Å². The second kappa shape index (κ2) is 11.1. The summed E-state index contributed by atoms with van der Waals surface area (Å²) in [6.07, 6.45) is 4.49. The molecule has 3 saturated heterocycles. The Morgan fingerprint density at radius 3 is 2.50 bits per heavy atom. The van der Waals surface area contributed by atoms with Gasteiger partial charge in [0.1, 0.15) is 6.04 Å². The molecule has 9 heteroatoms. The monoisotopic (exact) mass is 469 g/mol. The van der Waals surface area contributed by atoms with Crippen molar-refractivity contribution in [2.24, 2.45) is 5.92 Å². The number of anilines is 1. The first-order valence-electron chi connectivity index (χ1n) is 12.4. The van der Waals surface area contributed by atoms with Gasteiger partial charge in [-0.25, -0.2) is 0 Å². The van der Waals surface area contributed by atoms with Crippen LogP contribution in [-0.2, 0) is 14.4 Å². The summed E-state index contributed by atoms with van der Waals surface area (Å²) in [6, 6.07) is 4.67. The zero-order valence-corrected chi connectivity index (χ0v) is 19.9. The highest BCUT2D eigenvalue weighted by Gasteiger charge is 2.35. The number of imide groups is 2. The van der Waals surface area contributed by atoms with Crippen LogP contribution in [0.5, 0.6) is 0 Å². The summed E-state index contributed by atoms with van der Waals surface area (Å²) >= 11 is 0. The summed E-state index contributed by atoms with van der Waals surface area (Å²) < 4.78 is 0. The third-order valence-corrected chi connectivity index (χ3v) is 7.38. The molecule has 3 aliphatic heterocycles. The van der Waals surface area contributed by atoms with Gasteiger partial charge in [0.15, 0.2) is 0 Å². The Kier molecular flexibility index (Phi) is 7.95. The smallest absolute Gasteiger partial charge is 0.261 e. The fourth-order valence-electron chi connectivity index (χ4n) is 5.20. The van der Waals surface area contributed by atoms with Crippen molar-refractivity contribution in [3.05, 3.63) is 29.3 Å². The number of piperazine rings is 1. The Morgan fingerprint density at radius 2 is 1.85 bits per heavy atom. The van der Waals surface area contributed by atoms with E-state index in [1.54, 1.807) is 6.07 Å². The van der Waals surface area contributed by atoms with Crippen molar-refractivity contribution in [1.29, 1.82) is 0 Å². The van der Waals surface area contributed by atoms with Gasteiger partial charge in [-0.15, -0.1) is 0 Å². The molecule has 184 valence electrons. The fourth-order valence-corrected chi connectivity index (χ4v) is 5.20. The molecule has 1 unspecified atom stereocenters. The van der Waals surface area contributed by atoms with Gasteiger partial charge in [0, 0.05) is 43.9 Å². The van der Waals surface area contributed by atoms with Crippen LogP contribution in [0.2, 0.25) is 0 Å². The lowest BCUT2D eigenvalue weighted by Gasteiger charge is -2.37. The molecule has 0 aromatic heterocycles. The van der Waals surface area contributed by atoms with Crippen LogP contribution in [0.4, 0.5) is 5.69 Å². The summed E-state index contributed by atoms with van der Waals surface area (Å²) in [5.41, 5.74) is 2.21. The van der Waals surface area contributed by atoms with Crippen LogP contribution >= 0.6 is 0 Å². The third-order valence-electron chi connectivity index (χ3n) is 7.38. The Bertz CT molecular complexity index is 922. The largest absolute Gasteiger partial charge is 0.369 e. The van der Waals surface area contributed by atoms with E-state index in [1.807, 2.05) is 19.1 Å². The van der Waals surface area contributed by atoms with Crippen molar-refractivity contribution in [3.63, 3.8) is 0 Å². The molecule has 0 bridgehead atoms. The van der Waals surface area contributed by atoms with Crippen LogP contribution in [0.15, 0.2) is 18.2 Å². The van der Waals surface area contributed by atoms with Crippen LogP contribution in [0.1, 0.15) is 48.0 Å².